The van der Waals surface area contributed by atoms with Crippen molar-refractivity contribution in [3.8, 4) is 0 Å². The van der Waals surface area contributed by atoms with E-state index in [4.69, 9.17) is 9.47 Å². The van der Waals surface area contributed by atoms with E-state index in [2.05, 4.69) is 13.2 Å². The van der Waals surface area contributed by atoms with Crippen LogP contribution < -0.4 is 0 Å². The minimum atomic E-state index is -0.436. The van der Waals surface area contributed by atoms with Crippen LogP contribution >= 0.6 is 0 Å². The molecule has 0 amide bonds. The predicted molar refractivity (Wildman–Crippen MR) is 74.5 cm³/mol. The average Bonchev–Trinajstić information content (AvgIpc) is 2.34. The lowest BCUT2D eigenvalue weighted by molar-refractivity contribution is -0.142. The summed E-state index contributed by atoms with van der Waals surface area (Å²) in [6.07, 6.45) is 1.91. The van der Waals surface area contributed by atoms with Gasteiger partial charge in [0.25, 0.3) is 0 Å². The van der Waals surface area contributed by atoms with Crippen LogP contribution in [-0.4, -0.2) is 25.2 Å². The highest BCUT2D eigenvalue weighted by molar-refractivity contribution is 5.90. The maximum atomic E-state index is 11.8. The Balaban J connectivity index is 4.80. The van der Waals surface area contributed by atoms with Gasteiger partial charge in [-0.05, 0) is 26.3 Å². The molecule has 0 heterocycles. The fourth-order valence-electron chi connectivity index (χ4n) is 1.26. The van der Waals surface area contributed by atoms with Gasteiger partial charge in [-0.3, -0.25) is 4.79 Å². The molecule has 0 saturated heterocycles. The minimum absolute atomic E-state index is 0.0471. The smallest absolute Gasteiger partial charge is 0.334 e. The van der Waals surface area contributed by atoms with Gasteiger partial charge in [0.1, 0.15) is 0 Å². The summed E-state index contributed by atoms with van der Waals surface area (Å²) < 4.78 is 9.76. The molecular formula is C15H22O4. The number of esters is 2. The Bertz CT molecular complexity index is 391. The maximum Gasteiger partial charge on any atom is 0.334 e. The summed E-state index contributed by atoms with van der Waals surface area (Å²) in [7, 11) is 0. The van der Waals surface area contributed by atoms with E-state index >= 15 is 0 Å². The highest BCUT2D eigenvalue weighted by atomic mass is 16.5. The predicted octanol–water partition coefficient (Wildman–Crippen LogP) is 2.95. The van der Waals surface area contributed by atoms with Gasteiger partial charge in [0.2, 0.25) is 0 Å². The topological polar surface area (TPSA) is 52.6 Å². The molecule has 0 aliphatic rings. The van der Waals surface area contributed by atoms with E-state index in [0.717, 1.165) is 11.1 Å². The second-order valence-corrected chi connectivity index (χ2v) is 4.02. The minimum Gasteiger partial charge on any atom is -0.466 e. The van der Waals surface area contributed by atoms with Crippen LogP contribution in [0.1, 0.15) is 33.6 Å². The largest absolute Gasteiger partial charge is 0.466 e. The van der Waals surface area contributed by atoms with E-state index in [-0.39, 0.29) is 19.0 Å². The zero-order valence-electron chi connectivity index (χ0n) is 12.0. The van der Waals surface area contributed by atoms with E-state index in [1.165, 1.54) is 6.08 Å². The molecule has 0 rings (SSSR count). The Hall–Kier alpha value is -1.84. The van der Waals surface area contributed by atoms with Gasteiger partial charge in [0.15, 0.2) is 0 Å². The fraction of sp³-hybridized carbons (Fsp3) is 0.467. The lowest BCUT2D eigenvalue weighted by atomic mass is 10.0. The molecule has 0 aliphatic carbocycles. The first-order valence-corrected chi connectivity index (χ1v) is 6.27. The highest BCUT2D eigenvalue weighted by Gasteiger charge is 2.13. The van der Waals surface area contributed by atoms with Crippen LogP contribution in [0, 0.1) is 0 Å². The van der Waals surface area contributed by atoms with Crippen molar-refractivity contribution in [3.05, 3.63) is 36.0 Å². The first kappa shape index (κ1) is 17.2. The fourth-order valence-corrected chi connectivity index (χ4v) is 1.26. The molecule has 0 aromatic heterocycles. The monoisotopic (exact) mass is 266 g/mol. The van der Waals surface area contributed by atoms with Gasteiger partial charge in [0.05, 0.1) is 19.6 Å². The van der Waals surface area contributed by atoms with Crippen LogP contribution in [0.3, 0.4) is 0 Å². The molecule has 0 bridgehead atoms. The number of allylic oxidation sites excluding steroid dienone is 2. The lowest BCUT2D eigenvalue weighted by Gasteiger charge is -2.09. The molecule has 4 nitrogen and oxygen atoms in total. The van der Waals surface area contributed by atoms with Gasteiger partial charge in [0, 0.05) is 12.0 Å². The molecule has 0 atom stereocenters. The number of carbonyl (C=O) groups is 2. The van der Waals surface area contributed by atoms with Crippen molar-refractivity contribution in [2.24, 2.45) is 0 Å². The molecule has 0 aliphatic heterocycles. The molecule has 106 valence electrons. The molecule has 0 spiro atoms. The molecule has 0 N–H and O–H groups in total. The van der Waals surface area contributed by atoms with Gasteiger partial charge >= 0.3 is 11.9 Å². The molecule has 0 saturated carbocycles. The van der Waals surface area contributed by atoms with Gasteiger partial charge in [-0.15, -0.1) is 0 Å². The second-order valence-electron chi connectivity index (χ2n) is 4.02. The van der Waals surface area contributed by atoms with E-state index < -0.39 is 5.97 Å². The van der Waals surface area contributed by atoms with Crippen molar-refractivity contribution in [1.29, 1.82) is 0 Å². The third-order valence-corrected chi connectivity index (χ3v) is 2.37. The number of hydrogen-bond donors (Lipinski definition) is 0. The van der Waals surface area contributed by atoms with Crippen LogP contribution in [0.4, 0.5) is 0 Å². The summed E-state index contributed by atoms with van der Waals surface area (Å²) in [5, 5.41) is 0. The number of ether oxygens (including phenoxy) is 2. The Kier molecular flexibility index (Phi) is 8.25. The van der Waals surface area contributed by atoms with Gasteiger partial charge in [-0.25, -0.2) is 4.79 Å². The van der Waals surface area contributed by atoms with Crippen LogP contribution in [0.25, 0.3) is 0 Å². The molecule has 0 unspecified atom stereocenters. The van der Waals surface area contributed by atoms with E-state index in [0.29, 0.717) is 18.6 Å². The molecule has 0 fully saturated rings. The standard InChI is InChI=1S/C15H22O4/c1-6-18-14(16)9-8-13(15(17)19-7-2)10-12(5)11(3)4/h8H,3,5-7,9-10H2,1-2,4H3/b13-8+. The zero-order chi connectivity index (χ0) is 14.8. The molecule has 0 aromatic carbocycles. The highest BCUT2D eigenvalue weighted by Crippen LogP contribution is 2.17. The van der Waals surface area contributed by atoms with Crippen molar-refractivity contribution in [2.75, 3.05) is 13.2 Å². The number of hydrogen-bond acceptors (Lipinski definition) is 4. The quantitative estimate of drug-likeness (QED) is 0.385. The summed E-state index contributed by atoms with van der Waals surface area (Å²) in [4.78, 5) is 23.0. The van der Waals surface area contributed by atoms with Crippen molar-refractivity contribution in [2.45, 2.75) is 33.6 Å². The lowest BCUT2D eigenvalue weighted by Crippen LogP contribution is -2.10. The summed E-state index contributed by atoms with van der Waals surface area (Å²) >= 11 is 0. The Morgan fingerprint density at radius 3 is 2.16 bits per heavy atom. The Morgan fingerprint density at radius 2 is 1.68 bits per heavy atom. The summed E-state index contributed by atoms with van der Waals surface area (Å²) in [6.45, 7) is 13.5. The third kappa shape index (κ3) is 7.24. The van der Waals surface area contributed by atoms with Gasteiger partial charge in [-0.2, -0.15) is 0 Å². The van der Waals surface area contributed by atoms with E-state index in [9.17, 15) is 9.59 Å². The first-order chi connectivity index (χ1) is 8.92. The van der Waals surface area contributed by atoms with Gasteiger partial charge < -0.3 is 9.47 Å². The number of rotatable bonds is 8. The number of carbonyl (C=O) groups excluding carboxylic acids is 2. The third-order valence-electron chi connectivity index (χ3n) is 2.37. The molecular weight excluding hydrogens is 244 g/mol. The summed E-state index contributed by atoms with van der Waals surface area (Å²) in [5.74, 6) is -0.806. The van der Waals surface area contributed by atoms with Crippen LogP contribution in [0.2, 0.25) is 0 Å². The van der Waals surface area contributed by atoms with Crippen molar-refractivity contribution in [3.63, 3.8) is 0 Å². The summed E-state index contributed by atoms with van der Waals surface area (Å²) in [5.41, 5.74) is 1.94. The molecule has 0 aromatic rings. The second kappa shape index (κ2) is 9.14. The zero-order valence-corrected chi connectivity index (χ0v) is 12.0. The average molecular weight is 266 g/mol. The Morgan fingerprint density at radius 1 is 1.11 bits per heavy atom. The van der Waals surface area contributed by atoms with Crippen molar-refractivity contribution in [1.82, 2.24) is 0 Å². The SMILES string of the molecule is C=C(C)C(=C)C/C(=C\CC(=O)OCC)C(=O)OCC. The molecule has 4 heteroatoms. The Labute approximate surface area is 114 Å². The summed E-state index contributed by atoms with van der Waals surface area (Å²) in [6, 6.07) is 0. The van der Waals surface area contributed by atoms with E-state index in [1.807, 2.05) is 6.92 Å². The van der Waals surface area contributed by atoms with Crippen LogP contribution in [0.15, 0.2) is 36.0 Å². The normalized spacial score (nSPS) is 10.8. The molecule has 0 radical (unpaired) electrons. The van der Waals surface area contributed by atoms with Crippen LogP contribution in [-0.2, 0) is 19.1 Å². The van der Waals surface area contributed by atoms with Gasteiger partial charge in [-0.1, -0.05) is 24.8 Å². The van der Waals surface area contributed by atoms with E-state index in [1.54, 1.807) is 13.8 Å². The maximum absolute atomic E-state index is 11.8. The molecule has 19 heavy (non-hydrogen) atoms. The van der Waals surface area contributed by atoms with Crippen molar-refractivity contribution < 1.29 is 19.1 Å². The first-order valence-electron chi connectivity index (χ1n) is 6.27. The van der Waals surface area contributed by atoms with Crippen LogP contribution in [0.5, 0.6) is 0 Å². The van der Waals surface area contributed by atoms with Crippen molar-refractivity contribution >= 4 is 11.9 Å².